The summed E-state index contributed by atoms with van der Waals surface area (Å²) in [5.41, 5.74) is 1.19. The Bertz CT molecular complexity index is 380. The largest absolute Gasteiger partial charge is 0.331 e. The Balaban J connectivity index is 2.53. The zero-order valence-corrected chi connectivity index (χ0v) is 13.8. The highest BCUT2D eigenvalue weighted by Gasteiger charge is 2.12. The van der Waals surface area contributed by atoms with Crippen molar-refractivity contribution >= 4 is 15.9 Å². The SMILES string of the molecule is CC[NH+](CC)CC[NH+](CC)Cc1ccc(F)c(Br)c1. The zero-order valence-electron chi connectivity index (χ0n) is 12.2. The van der Waals surface area contributed by atoms with Crippen LogP contribution in [0.3, 0.4) is 0 Å². The van der Waals surface area contributed by atoms with Gasteiger partial charge in [0, 0.05) is 5.56 Å². The van der Waals surface area contributed by atoms with E-state index in [4.69, 9.17) is 0 Å². The van der Waals surface area contributed by atoms with Crippen molar-refractivity contribution in [2.24, 2.45) is 0 Å². The molecule has 0 aliphatic carbocycles. The Kier molecular flexibility index (Phi) is 7.57. The summed E-state index contributed by atoms with van der Waals surface area (Å²) in [6, 6.07) is 5.33. The molecule has 0 saturated heterocycles. The fraction of sp³-hybridized carbons (Fsp3) is 0.600. The molecule has 2 N–H and O–H groups in total. The topological polar surface area (TPSA) is 8.88 Å². The van der Waals surface area contributed by atoms with Crippen molar-refractivity contribution in [1.82, 2.24) is 0 Å². The second kappa shape index (κ2) is 8.67. The summed E-state index contributed by atoms with van der Waals surface area (Å²) < 4.78 is 13.8. The molecule has 1 aromatic carbocycles. The van der Waals surface area contributed by atoms with Gasteiger partial charge in [-0.3, -0.25) is 0 Å². The van der Waals surface area contributed by atoms with Crippen LogP contribution in [0.2, 0.25) is 0 Å². The number of likely N-dealkylation sites (N-methyl/N-ethyl adjacent to an activating group) is 2. The third kappa shape index (κ3) is 5.59. The normalized spacial score (nSPS) is 12.9. The molecule has 0 fully saturated rings. The van der Waals surface area contributed by atoms with Crippen molar-refractivity contribution in [2.45, 2.75) is 27.3 Å². The summed E-state index contributed by atoms with van der Waals surface area (Å²) in [5, 5.41) is 0. The minimum atomic E-state index is -0.186. The number of benzene rings is 1. The van der Waals surface area contributed by atoms with Crippen LogP contribution in [0.5, 0.6) is 0 Å². The van der Waals surface area contributed by atoms with Crippen molar-refractivity contribution in [1.29, 1.82) is 0 Å². The Labute approximate surface area is 124 Å². The van der Waals surface area contributed by atoms with Crippen LogP contribution in [0, 0.1) is 5.82 Å². The van der Waals surface area contributed by atoms with Crippen LogP contribution < -0.4 is 9.80 Å². The van der Waals surface area contributed by atoms with Gasteiger partial charge >= 0.3 is 0 Å². The Hall–Kier alpha value is -0.450. The number of rotatable bonds is 8. The third-order valence-corrected chi connectivity index (χ3v) is 4.38. The van der Waals surface area contributed by atoms with Gasteiger partial charge in [-0.15, -0.1) is 0 Å². The Morgan fingerprint density at radius 2 is 1.58 bits per heavy atom. The highest BCUT2D eigenvalue weighted by atomic mass is 79.9. The van der Waals surface area contributed by atoms with Gasteiger partial charge in [-0.1, -0.05) is 6.07 Å². The Morgan fingerprint density at radius 1 is 1.00 bits per heavy atom. The van der Waals surface area contributed by atoms with Crippen molar-refractivity contribution in [3.05, 3.63) is 34.1 Å². The first-order valence-electron chi connectivity index (χ1n) is 7.21. The molecule has 4 heteroatoms. The van der Waals surface area contributed by atoms with Crippen LogP contribution in [-0.4, -0.2) is 32.7 Å². The van der Waals surface area contributed by atoms with Crippen LogP contribution in [0.1, 0.15) is 26.3 Å². The van der Waals surface area contributed by atoms with E-state index in [-0.39, 0.29) is 5.82 Å². The van der Waals surface area contributed by atoms with Crippen molar-refractivity contribution in [3.8, 4) is 0 Å². The van der Waals surface area contributed by atoms with Gasteiger partial charge in [0.25, 0.3) is 0 Å². The van der Waals surface area contributed by atoms with Crippen molar-refractivity contribution < 1.29 is 14.2 Å². The summed E-state index contributed by atoms with van der Waals surface area (Å²) in [4.78, 5) is 3.20. The average molecular weight is 333 g/mol. The maximum absolute atomic E-state index is 13.2. The van der Waals surface area contributed by atoms with Gasteiger partial charge in [0.05, 0.1) is 24.1 Å². The highest BCUT2D eigenvalue weighted by Crippen LogP contribution is 2.16. The lowest BCUT2D eigenvalue weighted by Crippen LogP contribution is -3.19. The standard InChI is InChI=1S/C15H24BrFN2/c1-4-18(5-2)9-10-19(6-3)12-13-7-8-15(17)14(16)11-13/h7-8,11H,4-6,9-10,12H2,1-3H3/p+2. The number of hydrogen-bond acceptors (Lipinski definition) is 0. The van der Waals surface area contributed by atoms with Gasteiger partial charge in [-0.2, -0.15) is 0 Å². The second-order valence-electron chi connectivity index (χ2n) is 4.99. The van der Waals surface area contributed by atoms with Crippen LogP contribution >= 0.6 is 15.9 Å². The minimum absolute atomic E-state index is 0.186. The summed E-state index contributed by atoms with van der Waals surface area (Å²) in [6.45, 7) is 13.5. The molecule has 1 unspecified atom stereocenters. The van der Waals surface area contributed by atoms with E-state index in [2.05, 4.69) is 36.7 Å². The Morgan fingerprint density at radius 3 is 2.11 bits per heavy atom. The van der Waals surface area contributed by atoms with E-state index >= 15 is 0 Å². The molecular formula is C15H26BrFN2+2. The minimum Gasteiger partial charge on any atom is -0.331 e. The quantitative estimate of drug-likeness (QED) is 0.700. The van der Waals surface area contributed by atoms with Crippen LogP contribution in [0.4, 0.5) is 4.39 Å². The summed E-state index contributed by atoms with van der Waals surface area (Å²) >= 11 is 3.25. The zero-order chi connectivity index (χ0) is 14.3. The first-order chi connectivity index (χ1) is 9.10. The van der Waals surface area contributed by atoms with E-state index in [0.29, 0.717) is 4.47 Å². The predicted octanol–water partition coefficient (Wildman–Crippen LogP) is 0.918. The molecule has 0 aromatic heterocycles. The van der Waals surface area contributed by atoms with Gasteiger partial charge < -0.3 is 9.80 Å². The van der Waals surface area contributed by atoms with Crippen molar-refractivity contribution in [3.63, 3.8) is 0 Å². The molecule has 1 rings (SSSR count). The maximum atomic E-state index is 13.2. The lowest BCUT2D eigenvalue weighted by molar-refractivity contribution is -0.962. The molecule has 0 spiro atoms. The molecule has 0 saturated carbocycles. The number of hydrogen-bond donors (Lipinski definition) is 2. The van der Waals surface area contributed by atoms with Gasteiger partial charge in [-0.25, -0.2) is 4.39 Å². The molecule has 2 nitrogen and oxygen atoms in total. The van der Waals surface area contributed by atoms with Gasteiger partial charge in [0.15, 0.2) is 0 Å². The summed E-state index contributed by atoms with van der Waals surface area (Å²) in [6.07, 6.45) is 0. The van der Waals surface area contributed by atoms with Crippen LogP contribution in [-0.2, 0) is 6.54 Å². The first kappa shape index (κ1) is 16.6. The lowest BCUT2D eigenvalue weighted by atomic mass is 10.2. The van der Waals surface area contributed by atoms with E-state index < -0.39 is 0 Å². The molecule has 0 radical (unpaired) electrons. The van der Waals surface area contributed by atoms with E-state index in [1.807, 2.05) is 12.1 Å². The molecule has 0 heterocycles. The molecule has 0 aliphatic heterocycles. The average Bonchev–Trinajstić information content (AvgIpc) is 2.42. The number of quaternary nitrogens is 2. The lowest BCUT2D eigenvalue weighted by Gasteiger charge is -2.21. The van der Waals surface area contributed by atoms with E-state index in [1.165, 1.54) is 31.7 Å². The first-order valence-corrected chi connectivity index (χ1v) is 8.01. The summed E-state index contributed by atoms with van der Waals surface area (Å²) in [5.74, 6) is -0.186. The molecule has 0 bridgehead atoms. The molecule has 19 heavy (non-hydrogen) atoms. The maximum Gasteiger partial charge on any atom is 0.137 e. The van der Waals surface area contributed by atoms with E-state index in [1.54, 1.807) is 15.9 Å². The summed E-state index contributed by atoms with van der Waals surface area (Å²) in [7, 11) is 0. The smallest absolute Gasteiger partial charge is 0.137 e. The monoisotopic (exact) mass is 332 g/mol. The third-order valence-electron chi connectivity index (χ3n) is 3.77. The number of halogens is 2. The highest BCUT2D eigenvalue weighted by molar-refractivity contribution is 9.10. The predicted molar refractivity (Wildman–Crippen MR) is 81.1 cm³/mol. The molecule has 1 atom stereocenters. The fourth-order valence-corrected chi connectivity index (χ4v) is 2.71. The second-order valence-corrected chi connectivity index (χ2v) is 5.84. The van der Waals surface area contributed by atoms with Gasteiger partial charge in [0.2, 0.25) is 0 Å². The van der Waals surface area contributed by atoms with Crippen LogP contribution in [0.25, 0.3) is 0 Å². The molecule has 0 amide bonds. The molecule has 0 aliphatic rings. The van der Waals surface area contributed by atoms with Crippen molar-refractivity contribution in [2.75, 3.05) is 32.7 Å². The molecular weight excluding hydrogens is 307 g/mol. The van der Waals surface area contributed by atoms with E-state index in [0.717, 1.165) is 13.1 Å². The van der Waals surface area contributed by atoms with Crippen LogP contribution in [0.15, 0.2) is 22.7 Å². The van der Waals surface area contributed by atoms with E-state index in [9.17, 15) is 4.39 Å². The number of nitrogens with one attached hydrogen (secondary N) is 2. The van der Waals surface area contributed by atoms with Gasteiger partial charge in [-0.05, 0) is 48.8 Å². The van der Waals surface area contributed by atoms with Gasteiger partial charge in [0.1, 0.15) is 25.5 Å². The molecule has 1 aromatic rings. The molecule has 108 valence electrons. The fourth-order valence-electron chi connectivity index (χ4n) is 2.29.